The van der Waals surface area contributed by atoms with E-state index in [4.69, 9.17) is 4.98 Å². The average Bonchev–Trinajstić information content (AvgIpc) is 2.76. The van der Waals surface area contributed by atoms with Gasteiger partial charge in [0.05, 0.1) is 0 Å². The Morgan fingerprint density at radius 3 is 2.33 bits per heavy atom. The number of nitrogens with zero attached hydrogens (tertiary/aromatic N) is 5. The molecular weight excluding hydrogens is 264 g/mol. The third kappa shape index (κ3) is 3.20. The minimum atomic E-state index is 0.261. The smallest absolute Gasteiger partial charge is 0.164 e. The predicted octanol–water partition coefficient (Wildman–Crippen LogP) is 2.93. The maximum atomic E-state index is 4.69. The lowest BCUT2D eigenvalue weighted by atomic mass is 10.2. The molecule has 114 valence electrons. The lowest BCUT2D eigenvalue weighted by Gasteiger charge is -2.15. The summed E-state index contributed by atoms with van der Waals surface area (Å²) >= 11 is 0. The summed E-state index contributed by atoms with van der Waals surface area (Å²) in [7, 11) is 0. The summed E-state index contributed by atoms with van der Waals surface area (Å²) in [6, 6.07) is 0. The lowest BCUT2D eigenvalue weighted by molar-refractivity contribution is 0.728. The molecule has 0 aliphatic rings. The third-order valence-corrected chi connectivity index (χ3v) is 3.27. The van der Waals surface area contributed by atoms with Gasteiger partial charge in [-0.1, -0.05) is 20.8 Å². The van der Waals surface area contributed by atoms with Gasteiger partial charge in [0.25, 0.3) is 0 Å². The second-order valence-electron chi connectivity index (χ2n) is 5.58. The van der Waals surface area contributed by atoms with E-state index < -0.39 is 0 Å². The van der Waals surface area contributed by atoms with Crippen LogP contribution in [0.25, 0.3) is 5.82 Å². The topological polar surface area (TPSA) is 68.5 Å². The molecule has 6 heteroatoms. The number of anilines is 1. The van der Waals surface area contributed by atoms with Gasteiger partial charge in [-0.15, -0.1) is 5.10 Å². The molecule has 0 saturated heterocycles. The number of hydrogen-bond acceptors (Lipinski definition) is 5. The van der Waals surface area contributed by atoms with Crippen LogP contribution < -0.4 is 5.32 Å². The van der Waals surface area contributed by atoms with Crippen LogP contribution in [-0.4, -0.2) is 31.3 Å². The zero-order chi connectivity index (χ0) is 15.6. The fourth-order valence-corrected chi connectivity index (χ4v) is 2.12. The van der Waals surface area contributed by atoms with Gasteiger partial charge in [0, 0.05) is 18.0 Å². The summed E-state index contributed by atoms with van der Waals surface area (Å²) in [5.41, 5.74) is 1.00. The van der Waals surface area contributed by atoms with Gasteiger partial charge in [-0.2, -0.15) is 4.68 Å². The zero-order valence-electron chi connectivity index (χ0n) is 13.7. The molecule has 6 nitrogen and oxygen atoms in total. The number of rotatable bonds is 5. The van der Waals surface area contributed by atoms with E-state index >= 15 is 0 Å². The van der Waals surface area contributed by atoms with E-state index in [0.29, 0.717) is 0 Å². The Morgan fingerprint density at radius 2 is 1.81 bits per heavy atom. The first-order chi connectivity index (χ1) is 9.93. The van der Waals surface area contributed by atoms with E-state index in [2.05, 4.69) is 41.2 Å². The minimum Gasteiger partial charge on any atom is -0.370 e. The molecule has 0 saturated carbocycles. The molecule has 0 aliphatic heterocycles. The zero-order valence-corrected chi connectivity index (χ0v) is 13.7. The quantitative estimate of drug-likeness (QED) is 0.916. The molecule has 2 aromatic rings. The van der Waals surface area contributed by atoms with Crippen LogP contribution in [-0.2, 0) is 0 Å². The molecule has 2 rings (SSSR count). The van der Waals surface area contributed by atoms with Crippen molar-refractivity contribution >= 4 is 5.82 Å². The van der Waals surface area contributed by atoms with Gasteiger partial charge in [-0.05, 0) is 27.2 Å². The van der Waals surface area contributed by atoms with Crippen molar-refractivity contribution in [3.63, 3.8) is 0 Å². The number of aryl methyl sites for hydroxylation is 2. The molecular formula is C15H24N6. The van der Waals surface area contributed by atoms with Crippen molar-refractivity contribution in [2.45, 2.75) is 53.9 Å². The summed E-state index contributed by atoms with van der Waals surface area (Å²) in [6.45, 7) is 13.1. The van der Waals surface area contributed by atoms with Gasteiger partial charge in [0.1, 0.15) is 23.3 Å². The summed E-state index contributed by atoms with van der Waals surface area (Å²) in [6.07, 6.45) is 1.05. The summed E-state index contributed by atoms with van der Waals surface area (Å²) in [4.78, 5) is 13.7. The van der Waals surface area contributed by atoms with Crippen molar-refractivity contribution < 1.29 is 0 Å². The molecule has 0 fully saturated rings. The molecule has 1 N–H and O–H groups in total. The second kappa shape index (κ2) is 6.20. The Labute approximate surface area is 126 Å². The SMILES string of the molecule is CCCNc1nc(C(C)C)nc(-n2nc(C)nc2C)c1C. The van der Waals surface area contributed by atoms with Crippen LogP contribution >= 0.6 is 0 Å². The molecule has 0 unspecified atom stereocenters. The van der Waals surface area contributed by atoms with Crippen LogP contribution in [0, 0.1) is 20.8 Å². The molecule has 0 amide bonds. The van der Waals surface area contributed by atoms with E-state index in [-0.39, 0.29) is 5.92 Å². The normalized spacial score (nSPS) is 11.2. The first-order valence-electron chi connectivity index (χ1n) is 7.47. The summed E-state index contributed by atoms with van der Waals surface area (Å²) < 4.78 is 1.80. The number of hydrogen-bond donors (Lipinski definition) is 1. The Kier molecular flexibility index (Phi) is 4.55. The maximum absolute atomic E-state index is 4.69. The van der Waals surface area contributed by atoms with Crippen LogP contribution in [0.5, 0.6) is 0 Å². The van der Waals surface area contributed by atoms with Gasteiger partial charge in [-0.3, -0.25) is 0 Å². The predicted molar refractivity (Wildman–Crippen MR) is 84.0 cm³/mol. The third-order valence-electron chi connectivity index (χ3n) is 3.27. The number of nitrogens with one attached hydrogen (secondary N) is 1. The van der Waals surface area contributed by atoms with E-state index in [9.17, 15) is 0 Å². The standard InChI is InChI=1S/C15H24N6/c1-7-8-16-14-10(4)15(19-13(18-14)9(2)3)21-12(6)17-11(5)20-21/h9H,7-8H2,1-6H3,(H,16,18,19). The van der Waals surface area contributed by atoms with E-state index in [1.165, 1.54) is 0 Å². The van der Waals surface area contributed by atoms with E-state index in [1.807, 2.05) is 20.8 Å². The van der Waals surface area contributed by atoms with Crippen LogP contribution in [0.15, 0.2) is 0 Å². The van der Waals surface area contributed by atoms with Crippen LogP contribution in [0.4, 0.5) is 5.82 Å². The van der Waals surface area contributed by atoms with Gasteiger partial charge in [0.2, 0.25) is 0 Å². The summed E-state index contributed by atoms with van der Waals surface area (Å²) in [5, 5.41) is 7.83. The molecule has 21 heavy (non-hydrogen) atoms. The van der Waals surface area contributed by atoms with Crippen molar-refractivity contribution in [3.05, 3.63) is 23.0 Å². The Hall–Kier alpha value is -1.98. The van der Waals surface area contributed by atoms with Gasteiger partial charge in [-0.25, -0.2) is 15.0 Å². The van der Waals surface area contributed by atoms with Crippen LogP contribution in [0.2, 0.25) is 0 Å². The van der Waals surface area contributed by atoms with Gasteiger partial charge in [0.15, 0.2) is 5.82 Å². The van der Waals surface area contributed by atoms with Crippen molar-refractivity contribution in [1.29, 1.82) is 0 Å². The molecule has 0 atom stereocenters. The Morgan fingerprint density at radius 1 is 1.10 bits per heavy atom. The molecule has 2 heterocycles. The van der Waals surface area contributed by atoms with Crippen LogP contribution in [0.3, 0.4) is 0 Å². The maximum Gasteiger partial charge on any atom is 0.164 e. The van der Waals surface area contributed by atoms with Gasteiger partial charge < -0.3 is 5.32 Å². The highest BCUT2D eigenvalue weighted by Gasteiger charge is 2.16. The first kappa shape index (κ1) is 15.4. The fraction of sp³-hybridized carbons (Fsp3) is 0.600. The Bertz CT molecular complexity index is 629. The van der Waals surface area contributed by atoms with Crippen molar-refractivity contribution in [2.75, 3.05) is 11.9 Å². The molecule has 0 spiro atoms. The minimum absolute atomic E-state index is 0.261. The second-order valence-corrected chi connectivity index (χ2v) is 5.58. The fourth-order valence-electron chi connectivity index (χ4n) is 2.12. The lowest BCUT2D eigenvalue weighted by Crippen LogP contribution is -2.14. The molecule has 0 aromatic carbocycles. The molecule has 0 bridgehead atoms. The van der Waals surface area contributed by atoms with Crippen molar-refractivity contribution in [3.8, 4) is 5.82 Å². The molecule has 0 aliphatic carbocycles. The average molecular weight is 288 g/mol. The molecule has 2 aromatic heterocycles. The highest BCUT2D eigenvalue weighted by atomic mass is 15.4. The first-order valence-corrected chi connectivity index (χ1v) is 7.47. The van der Waals surface area contributed by atoms with Crippen molar-refractivity contribution in [1.82, 2.24) is 24.7 Å². The highest BCUT2D eigenvalue weighted by Crippen LogP contribution is 2.22. The van der Waals surface area contributed by atoms with Gasteiger partial charge >= 0.3 is 0 Å². The van der Waals surface area contributed by atoms with E-state index in [1.54, 1.807) is 4.68 Å². The Balaban J connectivity index is 2.58. The van der Waals surface area contributed by atoms with Crippen molar-refractivity contribution in [2.24, 2.45) is 0 Å². The highest BCUT2D eigenvalue weighted by molar-refractivity contribution is 5.51. The summed E-state index contributed by atoms with van der Waals surface area (Å²) in [5.74, 6) is 4.37. The largest absolute Gasteiger partial charge is 0.370 e. The molecule has 0 radical (unpaired) electrons. The van der Waals surface area contributed by atoms with E-state index in [0.717, 1.165) is 47.6 Å². The number of aromatic nitrogens is 5. The van der Waals surface area contributed by atoms with Crippen LogP contribution in [0.1, 0.15) is 56.1 Å². The monoisotopic (exact) mass is 288 g/mol.